The van der Waals surface area contributed by atoms with Crippen molar-refractivity contribution < 1.29 is 8.42 Å². The normalized spacial score (nSPS) is 13.2. The number of benzene rings is 1. The van der Waals surface area contributed by atoms with Gasteiger partial charge in [0, 0.05) is 18.8 Å². The van der Waals surface area contributed by atoms with Gasteiger partial charge in [0.25, 0.3) is 0 Å². The van der Waals surface area contributed by atoms with Crippen molar-refractivity contribution in [3.05, 3.63) is 18.2 Å². The summed E-state index contributed by atoms with van der Waals surface area (Å²) in [4.78, 5) is 2.30. The molecule has 0 radical (unpaired) electrons. The Morgan fingerprint density at radius 1 is 1.45 bits per heavy atom. The van der Waals surface area contributed by atoms with Crippen LogP contribution in [0, 0.1) is 0 Å². The molecule has 1 rings (SSSR count). The zero-order valence-corrected chi connectivity index (χ0v) is 14.0. The third-order valence-electron chi connectivity index (χ3n) is 3.34. The number of rotatable bonds is 7. The predicted octanol–water partition coefficient (Wildman–Crippen LogP) is 1.75. The SMILES string of the molecule is CCC(CSC)N(C)c1ccc(S(=O)(=O)NC)cc1N. The van der Waals surface area contributed by atoms with Gasteiger partial charge in [0.1, 0.15) is 0 Å². The van der Waals surface area contributed by atoms with Gasteiger partial charge < -0.3 is 10.6 Å². The first kappa shape index (κ1) is 17.1. The first-order valence-electron chi connectivity index (χ1n) is 6.42. The summed E-state index contributed by atoms with van der Waals surface area (Å²) in [7, 11) is -0.0773. The summed E-state index contributed by atoms with van der Waals surface area (Å²) >= 11 is 1.79. The molecule has 7 heteroatoms. The van der Waals surface area contributed by atoms with Crippen molar-refractivity contribution in [3.8, 4) is 0 Å². The maximum Gasteiger partial charge on any atom is 0.240 e. The molecule has 0 aromatic heterocycles. The zero-order valence-electron chi connectivity index (χ0n) is 12.4. The highest BCUT2D eigenvalue weighted by molar-refractivity contribution is 7.98. The molecule has 0 bridgehead atoms. The van der Waals surface area contributed by atoms with Gasteiger partial charge in [-0.25, -0.2) is 13.1 Å². The molecule has 20 heavy (non-hydrogen) atoms. The topological polar surface area (TPSA) is 75.4 Å². The summed E-state index contributed by atoms with van der Waals surface area (Å²) in [6, 6.07) is 5.23. The van der Waals surface area contributed by atoms with Crippen molar-refractivity contribution in [2.24, 2.45) is 0 Å². The Hall–Kier alpha value is -0.920. The molecule has 0 saturated heterocycles. The minimum absolute atomic E-state index is 0.188. The van der Waals surface area contributed by atoms with E-state index in [-0.39, 0.29) is 4.90 Å². The smallest absolute Gasteiger partial charge is 0.240 e. The maximum atomic E-state index is 11.7. The van der Waals surface area contributed by atoms with Gasteiger partial charge in [-0.1, -0.05) is 6.92 Å². The molecular formula is C13H23N3O2S2. The number of anilines is 2. The highest BCUT2D eigenvalue weighted by Gasteiger charge is 2.18. The van der Waals surface area contributed by atoms with Crippen LogP contribution in [0.5, 0.6) is 0 Å². The van der Waals surface area contributed by atoms with E-state index in [0.717, 1.165) is 17.9 Å². The van der Waals surface area contributed by atoms with Crippen molar-refractivity contribution in [1.82, 2.24) is 4.72 Å². The molecule has 1 aromatic carbocycles. The summed E-state index contributed by atoms with van der Waals surface area (Å²) in [5, 5.41) is 0. The molecule has 1 aromatic rings. The summed E-state index contributed by atoms with van der Waals surface area (Å²) < 4.78 is 25.8. The first-order chi connectivity index (χ1) is 9.37. The largest absolute Gasteiger partial charge is 0.397 e. The van der Waals surface area contributed by atoms with Gasteiger partial charge in [-0.15, -0.1) is 0 Å². The van der Waals surface area contributed by atoms with Crippen LogP contribution in [-0.4, -0.2) is 40.6 Å². The molecule has 0 aliphatic rings. The van der Waals surface area contributed by atoms with Crippen LogP contribution in [-0.2, 0) is 10.0 Å². The zero-order chi connectivity index (χ0) is 15.3. The van der Waals surface area contributed by atoms with Crippen LogP contribution in [0.25, 0.3) is 0 Å². The van der Waals surface area contributed by atoms with Gasteiger partial charge in [-0.2, -0.15) is 11.8 Å². The van der Waals surface area contributed by atoms with Crippen molar-refractivity contribution in [3.63, 3.8) is 0 Å². The van der Waals surface area contributed by atoms with Gasteiger partial charge in [0.2, 0.25) is 10.0 Å². The Bertz CT molecular complexity index is 547. The average Bonchev–Trinajstić information content (AvgIpc) is 2.43. The molecule has 0 amide bonds. The molecule has 0 fully saturated rings. The van der Waals surface area contributed by atoms with Gasteiger partial charge in [0.15, 0.2) is 0 Å². The second-order valence-electron chi connectivity index (χ2n) is 4.56. The molecule has 1 atom stereocenters. The van der Waals surface area contributed by atoms with Crippen LogP contribution >= 0.6 is 11.8 Å². The van der Waals surface area contributed by atoms with E-state index in [9.17, 15) is 8.42 Å². The number of nitrogen functional groups attached to an aromatic ring is 1. The highest BCUT2D eigenvalue weighted by atomic mass is 32.2. The van der Waals surface area contributed by atoms with E-state index < -0.39 is 10.0 Å². The third-order valence-corrected chi connectivity index (χ3v) is 5.47. The summed E-state index contributed by atoms with van der Waals surface area (Å²) in [5.41, 5.74) is 7.36. The fourth-order valence-electron chi connectivity index (χ4n) is 2.03. The molecule has 1 unspecified atom stereocenters. The van der Waals surface area contributed by atoms with E-state index in [0.29, 0.717) is 11.7 Å². The predicted molar refractivity (Wildman–Crippen MR) is 88.0 cm³/mol. The van der Waals surface area contributed by atoms with Gasteiger partial charge in [-0.05, 0) is 37.9 Å². The van der Waals surface area contributed by atoms with Gasteiger partial charge in [0.05, 0.1) is 16.3 Å². The Balaban J connectivity index is 3.10. The molecule has 0 aliphatic heterocycles. The van der Waals surface area contributed by atoms with Crippen LogP contribution in [0.3, 0.4) is 0 Å². The molecule has 0 spiro atoms. The van der Waals surface area contributed by atoms with Gasteiger partial charge in [-0.3, -0.25) is 0 Å². The fraction of sp³-hybridized carbons (Fsp3) is 0.538. The number of hydrogen-bond acceptors (Lipinski definition) is 5. The van der Waals surface area contributed by atoms with Crippen LogP contribution in [0.15, 0.2) is 23.1 Å². The molecule has 3 N–H and O–H groups in total. The van der Waals surface area contributed by atoms with Gasteiger partial charge >= 0.3 is 0 Å². The minimum atomic E-state index is -3.45. The molecule has 5 nitrogen and oxygen atoms in total. The van der Waals surface area contributed by atoms with Crippen molar-refractivity contribution >= 4 is 33.2 Å². The molecule has 114 valence electrons. The average molecular weight is 317 g/mol. The monoisotopic (exact) mass is 317 g/mol. The van der Waals surface area contributed by atoms with E-state index in [4.69, 9.17) is 5.73 Å². The lowest BCUT2D eigenvalue weighted by Gasteiger charge is -2.30. The first-order valence-corrected chi connectivity index (χ1v) is 9.29. The lowest BCUT2D eigenvalue weighted by molar-refractivity contribution is 0.588. The van der Waals surface area contributed by atoms with E-state index in [1.165, 1.54) is 13.1 Å². The van der Waals surface area contributed by atoms with E-state index >= 15 is 0 Å². The molecule has 0 aliphatic carbocycles. The van der Waals surface area contributed by atoms with E-state index in [1.54, 1.807) is 23.9 Å². The molecule has 0 saturated carbocycles. The van der Waals surface area contributed by atoms with Crippen molar-refractivity contribution in [2.75, 3.05) is 36.7 Å². The summed E-state index contributed by atoms with van der Waals surface area (Å²) in [6.45, 7) is 2.13. The number of nitrogens with zero attached hydrogens (tertiary/aromatic N) is 1. The Kier molecular flexibility index (Phi) is 6.16. The van der Waals surface area contributed by atoms with E-state index in [2.05, 4.69) is 22.8 Å². The fourth-order valence-corrected chi connectivity index (χ4v) is 3.64. The third kappa shape index (κ3) is 3.80. The lowest BCUT2D eigenvalue weighted by Crippen LogP contribution is -2.33. The number of hydrogen-bond donors (Lipinski definition) is 2. The summed E-state index contributed by atoms with van der Waals surface area (Å²) in [6.07, 6.45) is 3.08. The minimum Gasteiger partial charge on any atom is -0.397 e. The highest BCUT2D eigenvalue weighted by Crippen LogP contribution is 2.28. The molecule has 0 heterocycles. The Morgan fingerprint density at radius 2 is 2.10 bits per heavy atom. The summed E-state index contributed by atoms with van der Waals surface area (Å²) in [5.74, 6) is 1.00. The quantitative estimate of drug-likeness (QED) is 0.750. The van der Waals surface area contributed by atoms with Crippen LogP contribution in [0.4, 0.5) is 11.4 Å². The second kappa shape index (κ2) is 7.19. The van der Waals surface area contributed by atoms with Crippen LogP contribution in [0.2, 0.25) is 0 Å². The number of nitrogens with one attached hydrogen (secondary N) is 1. The molecular weight excluding hydrogens is 294 g/mol. The van der Waals surface area contributed by atoms with Crippen LogP contribution in [0.1, 0.15) is 13.3 Å². The number of nitrogens with two attached hydrogens (primary N) is 1. The van der Waals surface area contributed by atoms with Crippen molar-refractivity contribution in [1.29, 1.82) is 0 Å². The Labute approximate surface area is 126 Å². The number of thioether (sulfide) groups is 1. The van der Waals surface area contributed by atoms with Crippen molar-refractivity contribution in [2.45, 2.75) is 24.3 Å². The maximum absolute atomic E-state index is 11.7. The Morgan fingerprint density at radius 3 is 2.55 bits per heavy atom. The number of sulfonamides is 1. The second-order valence-corrected chi connectivity index (χ2v) is 7.35. The van der Waals surface area contributed by atoms with Crippen LogP contribution < -0.4 is 15.4 Å². The van der Waals surface area contributed by atoms with E-state index in [1.807, 2.05) is 7.05 Å². The standard InChI is InChI=1S/C13H23N3O2S2/c1-5-10(9-19-4)16(3)13-7-6-11(8-12(13)14)20(17,18)15-2/h6-8,10,15H,5,9,14H2,1-4H3. The lowest BCUT2D eigenvalue weighted by atomic mass is 10.2.